The van der Waals surface area contributed by atoms with Crippen molar-refractivity contribution in [2.45, 2.75) is 19.6 Å². The third-order valence-electron chi connectivity index (χ3n) is 4.45. The first-order valence-corrected chi connectivity index (χ1v) is 9.30. The van der Waals surface area contributed by atoms with Crippen LogP contribution in [-0.2, 0) is 19.6 Å². The molecule has 28 heavy (non-hydrogen) atoms. The SMILES string of the molecule is Oc1ccccc1CN(Cc1ccco1)C(=S)NCc1ccc2c(c1)OCO2. The predicted octanol–water partition coefficient (Wildman–Crippen LogP) is 3.79. The van der Waals surface area contributed by atoms with E-state index in [2.05, 4.69) is 5.32 Å². The Hall–Kier alpha value is -3.19. The number of phenols is 1. The molecule has 1 aliphatic rings. The number of benzene rings is 2. The Morgan fingerprint density at radius 3 is 2.71 bits per heavy atom. The minimum Gasteiger partial charge on any atom is -0.508 e. The fourth-order valence-electron chi connectivity index (χ4n) is 2.98. The number of thiocarbonyl (C=S) groups is 1. The van der Waals surface area contributed by atoms with Crippen LogP contribution in [0.25, 0.3) is 0 Å². The number of aromatic hydroxyl groups is 1. The highest BCUT2D eigenvalue weighted by Crippen LogP contribution is 2.32. The Morgan fingerprint density at radius 1 is 1.04 bits per heavy atom. The molecule has 144 valence electrons. The molecule has 2 N–H and O–H groups in total. The van der Waals surface area contributed by atoms with Crippen LogP contribution in [0.1, 0.15) is 16.9 Å². The van der Waals surface area contributed by atoms with Crippen molar-refractivity contribution in [1.82, 2.24) is 10.2 Å². The third-order valence-corrected chi connectivity index (χ3v) is 4.85. The van der Waals surface area contributed by atoms with Gasteiger partial charge in [-0.15, -0.1) is 0 Å². The zero-order valence-corrected chi connectivity index (χ0v) is 15.9. The van der Waals surface area contributed by atoms with Crippen LogP contribution < -0.4 is 14.8 Å². The Balaban J connectivity index is 1.45. The van der Waals surface area contributed by atoms with Crippen molar-refractivity contribution < 1.29 is 19.0 Å². The largest absolute Gasteiger partial charge is 0.508 e. The first kappa shape index (κ1) is 18.2. The highest BCUT2D eigenvalue weighted by atomic mass is 32.1. The lowest BCUT2D eigenvalue weighted by Gasteiger charge is -2.25. The van der Waals surface area contributed by atoms with E-state index in [4.69, 9.17) is 26.1 Å². The van der Waals surface area contributed by atoms with Crippen LogP contribution in [0.3, 0.4) is 0 Å². The molecule has 0 aliphatic carbocycles. The molecule has 7 heteroatoms. The van der Waals surface area contributed by atoms with Crippen LogP contribution in [0.15, 0.2) is 65.3 Å². The number of nitrogens with zero attached hydrogens (tertiary/aromatic N) is 1. The van der Waals surface area contributed by atoms with Gasteiger partial charge < -0.3 is 29.2 Å². The van der Waals surface area contributed by atoms with Crippen molar-refractivity contribution in [3.8, 4) is 17.2 Å². The van der Waals surface area contributed by atoms with E-state index in [0.29, 0.717) is 24.7 Å². The third kappa shape index (κ3) is 4.20. The molecule has 0 saturated carbocycles. The second-order valence-corrected chi connectivity index (χ2v) is 6.80. The summed E-state index contributed by atoms with van der Waals surface area (Å²) in [5, 5.41) is 14.0. The molecule has 0 fully saturated rings. The van der Waals surface area contributed by atoms with Gasteiger partial charge in [-0.05, 0) is 48.1 Å². The average Bonchev–Trinajstić information content (AvgIpc) is 3.38. The second-order valence-electron chi connectivity index (χ2n) is 6.41. The molecule has 0 amide bonds. The molecule has 0 saturated heterocycles. The number of nitrogens with one attached hydrogen (secondary N) is 1. The van der Waals surface area contributed by atoms with Crippen LogP contribution in [0.4, 0.5) is 0 Å². The van der Waals surface area contributed by atoms with Gasteiger partial charge >= 0.3 is 0 Å². The predicted molar refractivity (Wildman–Crippen MR) is 108 cm³/mol. The van der Waals surface area contributed by atoms with Crippen molar-refractivity contribution >= 4 is 17.3 Å². The van der Waals surface area contributed by atoms with Crippen LogP contribution in [0.5, 0.6) is 17.2 Å². The lowest BCUT2D eigenvalue weighted by molar-refractivity contribution is 0.174. The molecule has 1 aliphatic heterocycles. The van der Waals surface area contributed by atoms with Crippen LogP contribution in [0, 0.1) is 0 Å². The molecule has 0 spiro atoms. The monoisotopic (exact) mass is 396 g/mol. The quantitative estimate of drug-likeness (QED) is 0.615. The van der Waals surface area contributed by atoms with Gasteiger partial charge in [0.05, 0.1) is 12.8 Å². The molecule has 0 unspecified atom stereocenters. The Kier molecular flexibility index (Phi) is 5.34. The van der Waals surface area contributed by atoms with Gasteiger partial charge in [-0.2, -0.15) is 0 Å². The Bertz CT molecular complexity index is 959. The highest BCUT2D eigenvalue weighted by molar-refractivity contribution is 7.80. The maximum absolute atomic E-state index is 10.1. The number of furan rings is 1. The van der Waals surface area contributed by atoms with Gasteiger partial charge in [0, 0.05) is 18.7 Å². The fourth-order valence-corrected chi connectivity index (χ4v) is 3.18. The van der Waals surface area contributed by atoms with Gasteiger partial charge in [0.2, 0.25) is 6.79 Å². The van der Waals surface area contributed by atoms with E-state index in [0.717, 1.165) is 28.4 Å². The molecule has 2 heterocycles. The van der Waals surface area contributed by atoms with E-state index in [9.17, 15) is 5.11 Å². The first-order valence-electron chi connectivity index (χ1n) is 8.89. The van der Waals surface area contributed by atoms with Gasteiger partial charge in [0.25, 0.3) is 0 Å². The van der Waals surface area contributed by atoms with E-state index < -0.39 is 0 Å². The van der Waals surface area contributed by atoms with Crippen LogP contribution in [-0.4, -0.2) is 21.9 Å². The minimum atomic E-state index is 0.241. The van der Waals surface area contributed by atoms with Crippen molar-refractivity contribution in [3.63, 3.8) is 0 Å². The summed E-state index contributed by atoms with van der Waals surface area (Å²) in [7, 11) is 0. The molecule has 0 atom stereocenters. The standard InChI is InChI=1S/C21H20N2O4S/c24-18-6-2-1-4-16(18)12-23(13-17-5-3-9-25-17)21(28)22-11-15-7-8-19-20(10-15)27-14-26-19/h1-10,24H,11-14H2,(H,22,28). The maximum atomic E-state index is 10.1. The molecule has 0 bridgehead atoms. The molecule has 1 aromatic heterocycles. The maximum Gasteiger partial charge on any atom is 0.231 e. The molecule has 3 aromatic rings. The number of ether oxygens (including phenoxy) is 2. The first-order chi connectivity index (χ1) is 13.7. The van der Waals surface area contributed by atoms with Gasteiger partial charge in [0.15, 0.2) is 16.6 Å². The number of rotatable bonds is 6. The summed E-state index contributed by atoms with van der Waals surface area (Å²) >= 11 is 5.63. The lowest BCUT2D eigenvalue weighted by atomic mass is 10.2. The number of para-hydroxylation sites is 1. The normalized spacial score (nSPS) is 12.0. The van der Waals surface area contributed by atoms with Crippen molar-refractivity contribution in [2.24, 2.45) is 0 Å². The summed E-state index contributed by atoms with van der Waals surface area (Å²) in [4.78, 5) is 1.95. The molecule has 6 nitrogen and oxygen atoms in total. The van der Waals surface area contributed by atoms with Gasteiger partial charge in [-0.3, -0.25) is 0 Å². The van der Waals surface area contributed by atoms with Crippen molar-refractivity contribution in [2.75, 3.05) is 6.79 Å². The zero-order chi connectivity index (χ0) is 19.3. The summed E-state index contributed by atoms with van der Waals surface area (Å²) in [6.07, 6.45) is 1.64. The van der Waals surface area contributed by atoms with Gasteiger partial charge in [-0.1, -0.05) is 24.3 Å². The van der Waals surface area contributed by atoms with Gasteiger partial charge in [-0.25, -0.2) is 0 Å². The summed E-state index contributed by atoms with van der Waals surface area (Å²) in [6.45, 7) is 1.75. The number of fused-ring (bicyclic) bond motifs is 1. The van der Waals surface area contributed by atoms with E-state index in [1.165, 1.54) is 0 Å². The topological polar surface area (TPSA) is 67.1 Å². The summed E-state index contributed by atoms with van der Waals surface area (Å²) in [5.74, 6) is 2.53. The van der Waals surface area contributed by atoms with E-state index in [1.807, 2.05) is 47.4 Å². The van der Waals surface area contributed by atoms with E-state index in [1.54, 1.807) is 18.4 Å². The zero-order valence-electron chi connectivity index (χ0n) is 15.1. The van der Waals surface area contributed by atoms with Crippen LogP contribution in [0.2, 0.25) is 0 Å². The number of phenolic OH excluding ortho intramolecular Hbond substituents is 1. The lowest BCUT2D eigenvalue weighted by Crippen LogP contribution is -2.38. The summed E-state index contributed by atoms with van der Waals surface area (Å²) in [6, 6.07) is 16.8. The van der Waals surface area contributed by atoms with Crippen LogP contribution >= 0.6 is 12.2 Å². The molecule has 4 rings (SSSR count). The van der Waals surface area contributed by atoms with Gasteiger partial charge in [0.1, 0.15) is 11.5 Å². The minimum absolute atomic E-state index is 0.241. The summed E-state index contributed by atoms with van der Waals surface area (Å²) in [5.41, 5.74) is 1.83. The summed E-state index contributed by atoms with van der Waals surface area (Å²) < 4.78 is 16.2. The van der Waals surface area contributed by atoms with Crippen molar-refractivity contribution in [1.29, 1.82) is 0 Å². The molecular weight excluding hydrogens is 376 g/mol. The second kappa shape index (κ2) is 8.22. The number of hydrogen-bond donors (Lipinski definition) is 2. The highest BCUT2D eigenvalue weighted by Gasteiger charge is 2.16. The van der Waals surface area contributed by atoms with E-state index in [-0.39, 0.29) is 12.5 Å². The molecule has 0 radical (unpaired) electrons. The Morgan fingerprint density at radius 2 is 1.89 bits per heavy atom. The fraction of sp³-hybridized carbons (Fsp3) is 0.190. The number of hydrogen-bond acceptors (Lipinski definition) is 5. The van der Waals surface area contributed by atoms with Crippen molar-refractivity contribution in [3.05, 3.63) is 77.7 Å². The average molecular weight is 396 g/mol. The smallest absolute Gasteiger partial charge is 0.231 e. The van der Waals surface area contributed by atoms with E-state index >= 15 is 0 Å². The Labute approximate surface area is 168 Å². The molecular formula is C21H20N2O4S. The molecule has 2 aromatic carbocycles.